The van der Waals surface area contributed by atoms with Crippen molar-refractivity contribution in [2.75, 3.05) is 31.1 Å². The molecule has 138 valence electrons. The van der Waals surface area contributed by atoms with Crippen molar-refractivity contribution in [2.45, 2.75) is 44.7 Å². The third-order valence-corrected chi connectivity index (χ3v) is 5.27. The third-order valence-electron chi connectivity index (χ3n) is 5.27. The summed E-state index contributed by atoms with van der Waals surface area (Å²) in [4.78, 5) is 19.7. The molecule has 2 heterocycles. The van der Waals surface area contributed by atoms with Crippen molar-refractivity contribution in [3.63, 3.8) is 0 Å². The first kappa shape index (κ1) is 18.0. The lowest BCUT2D eigenvalue weighted by Gasteiger charge is -2.36. The topological polar surface area (TPSA) is 36.4 Å². The molecule has 1 aliphatic carbocycles. The van der Waals surface area contributed by atoms with Gasteiger partial charge in [-0.15, -0.1) is 0 Å². The molecule has 25 heavy (non-hydrogen) atoms. The number of carbonyl (C=O) groups excluding carboxylic acids is 1. The Kier molecular flexibility index (Phi) is 5.49. The molecule has 0 aromatic carbocycles. The number of hydrogen-bond donors (Lipinski definition) is 0. The standard InChI is InChI=1S/C18H24F3N3O/c19-18(20,21)15-6-3-9-22-17(15)24-12-10-23(11-13-24)16(25)8-7-14-4-1-2-5-14/h3,6,9,14H,1-2,4-5,7-8,10-13H2. The van der Waals surface area contributed by atoms with Crippen molar-refractivity contribution in [3.8, 4) is 0 Å². The van der Waals surface area contributed by atoms with Gasteiger partial charge in [0, 0.05) is 38.8 Å². The minimum atomic E-state index is -4.42. The van der Waals surface area contributed by atoms with Crippen molar-refractivity contribution in [2.24, 2.45) is 5.92 Å². The van der Waals surface area contributed by atoms with Gasteiger partial charge in [0.15, 0.2) is 0 Å². The monoisotopic (exact) mass is 355 g/mol. The maximum Gasteiger partial charge on any atom is 0.419 e. The van der Waals surface area contributed by atoms with Crippen LogP contribution in [0.25, 0.3) is 0 Å². The number of piperazine rings is 1. The molecule has 0 atom stereocenters. The van der Waals surface area contributed by atoms with E-state index in [1.165, 1.54) is 37.9 Å². The van der Waals surface area contributed by atoms with Crippen LogP contribution in [0.15, 0.2) is 18.3 Å². The fourth-order valence-corrected chi connectivity index (χ4v) is 3.82. The lowest BCUT2D eigenvalue weighted by atomic mass is 10.0. The number of alkyl halides is 3. The Bertz CT molecular complexity index is 591. The summed E-state index contributed by atoms with van der Waals surface area (Å²) in [5, 5.41) is 0. The molecule has 1 aromatic heterocycles. The number of aromatic nitrogens is 1. The summed E-state index contributed by atoms with van der Waals surface area (Å²) in [6, 6.07) is 2.36. The highest BCUT2D eigenvalue weighted by Gasteiger charge is 2.36. The number of anilines is 1. The van der Waals surface area contributed by atoms with Crippen molar-refractivity contribution in [1.82, 2.24) is 9.88 Å². The Labute approximate surface area is 146 Å². The number of halogens is 3. The van der Waals surface area contributed by atoms with Crippen LogP contribution >= 0.6 is 0 Å². The number of amides is 1. The second kappa shape index (κ2) is 7.62. The van der Waals surface area contributed by atoms with E-state index < -0.39 is 11.7 Å². The van der Waals surface area contributed by atoms with Gasteiger partial charge in [-0.3, -0.25) is 4.79 Å². The van der Waals surface area contributed by atoms with Gasteiger partial charge < -0.3 is 9.80 Å². The first-order chi connectivity index (χ1) is 11.9. The van der Waals surface area contributed by atoms with E-state index in [2.05, 4.69) is 4.98 Å². The van der Waals surface area contributed by atoms with Crippen molar-refractivity contribution in [3.05, 3.63) is 23.9 Å². The lowest BCUT2D eigenvalue weighted by molar-refractivity contribution is -0.137. The lowest BCUT2D eigenvalue weighted by Crippen LogP contribution is -2.49. The molecule has 7 heteroatoms. The minimum absolute atomic E-state index is 0.0342. The molecule has 1 saturated heterocycles. The van der Waals surface area contributed by atoms with Gasteiger partial charge in [-0.25, -0.2) is 4.98 Å². The molecule has 2 fully saturated rings. The van der Waals surface area contributed by atoms with Crippen molar-refractivity contribution >= 4 is 11.7 Å². The highest BCUT2D eigenvalue weighted by molar-refractivity contribution is 5.76. The number of nitrogens with zero attached hydrogens (tertiary/aromatic N) is 3. The average Bonchev–Trinajstić information content (AvgIpc) is 3.13. The van der Waals surface area contributed by atoms with Gasteiger partial charge in [-0.2, -0.15) is 13.2 Å². The molecule has 0 radical (unpaired) electrons. The minimum Gasteiger partial charge on any atom is -0.353 e. The summed E-state index contributed by atoms with van der Waals surface area (Å²) in [6.07, 6.45) is 3.44. The molecule has 2 aliphatic rings. The Morgan fingerprint density at radius 2 is 1.84 bits per heavy atom. The number of rotatable bonds is 4. The summed E-state index contributed by atoms with van der Waals surface area (Å²) in [7, 11) is 0. The van der Waals surface area contributed by atoms with Crippen LogP contribution in [0, 0.1) is 5.92 Å². The van der Waals surface area contributed by atoms with E-state index in [1.807, 2.05) is 0 Å². The molecule has 4 nitrogen and oxygen atoms in total. The number of hydrogen-bond acceptors (Lipinski definition) is 3. The molecule has 0 bridgehead atoms. The van der Waals surface area contributed by atoms with E-state index in [1.54, 1.807) is 9.80 Å². The summed E-state index contributed by atoms with van der Waals surface area (Å²) in [6.45, 7) is 1.68. The van der Waals surface area contributed by atoms with Crippen LogP contribution in [0.5, 0.6) is 0 Å². The van der Waals surface area contributed by atoms with E-state index >= 15 is 0 Å². The van der Waals surface area contributed by atoms with E-state index in [4.69, 9.17) is 0 Å². The largest absolute Gasteiger partial charge is 0.419 e. The fraction of sp³-hybridized carbons (Fsp3) is 0.667. The van der Waals surface area contributed by atoms with Crippen LogP contribution in [-0.2, 0) is 11.0 Å². The quantitative estimate of drug-likeness (QED) is 0.826. The Hall–Kier alpha value is -1.79. The highest BCUT2D eigenvalue weighted by atomic mass is 19.4. The van der Waals surface area contributed by atoms with E-state index in [0.717, 1.165) is 12.5 Å². The number of carbonyl (C=O) groups is 1. The van der Waals surface area contributed by atoms with Gasteiger partial charge >= 0.3 is 6.18 Å². The van der Waals surface area contributed by atoms with Crippen LogP contribution < -0.4 is 4.90 Å². The maximum absolute atomic E-state index is 13.1. The SMILES string of the molecule is O=C(CCC1CCCC1)N1CCN(c2ncccc2C(F)(F)F)CC1. The summed E-state index contributed by atoms with van der Waals surface area (Å²) < 4.78 is 39.4. The second-order valence-corrected chi connectivity index (χ2v) is 6.93. The first-order valence-electron chi connectivity index (χ1n) is 9.00. The molecule has 0 N–H and O–H groups in total. The van der Waals surface area contributed by atoms with E-state index in [9.17, 15) is 18.0 Å². The van der Waals surface area contributed by atoms with E-state index in [-0.39, 0.29) is 11.7 Å². The third kappa shape index (κ3) is 4.44. The summed E-state index contributed by atoms with van der Waals surface area (Å²) in [5.74, 6) is 0.768. The van der Waals surface area contributed by atoms with Gasteiger partial charge in [0.1, 0.15) is 5.82 Å². The average molecular weight is 355 g/mol. The fourth-order valence-electron chi connectivity index (χ4n) is 3.82. The van der Waals surface area contributed by atoms with Crippen molar-refractivity contribution < 1.29 is 18.0 Å². The predicted molar refractivity (Wildman–Crippen MR) is 89.2 cm³/mol. The van der Waals surface area contributed by atoms with Crippen molar-refractivity contribution in [1.29, 1.82) is 0 Å². The molecule has 0 unspecified atom stereocenters. The Morgan fingerprint density at radius 3 is 2.48 bits per heavy atom. The second-order valence-electron chi connectivity index (χ2n) is 6.93. The highest BCUT2D eigenvalue weighted by Crippen LogP contribution is 2.35. The molecule has 1 saturated carbocycles. The molecular formula is C18H24F3N3O. The molecular weight excluding hydrogens is 331 g/mol. The van der Waals surface area contributed by atoms with Crippen LogP contribution in [0.3, 0.4) is 0 Å². The summed E-state index contributed by atoms with van der Waals surface area (Å²) in [5.41, 5.74) is -0.712. The van der Waals surface area contributed by atoms with Gasteiger partial charge in [-0.05, 0) is 24.5 Å². The van der Waals surface area contributed by atoms with Gasteiger partial charge in [0.2, 0.25) is 5.91 Å². The zero-order chi connectivity index (χ0) is 17.9. The molecule has 1 aliphatic heterocycles. The molecule has 1 amide bonds. The molecule has 3 rings (SSSR count). The van der Waals surface area contributed by atoms with Crippen LogP contribution in [-0.4, -0.2) is 42.0 Å². The smallest absolute Gasteiger partial charge is 0.353 e. The van der Waals surface area contributed by atoms with Crippen LogP contribution in [0.2, 0.25) is 0 Å². The van der Waals surface area contributed by atoms with Crippen LogP contribution in [0.1, 0.15) is 44.1 Å². The zero-order valence-electron chi connectivity index (χ0n) is 14.3. The van der Waals surface area contributed by atoms with Gasteiger partial charge in [0.05, 0.1) is 5.56 Å². The summed E-state index contributed by atoms with van der Waals surface area (Å²) >= 11 is 0. The Balaban J connectivity index is 1.54. The maximum atomic E-state index is 13.1. The predicted octanol–water partition coefficient (Wildman–Crippen LogP) is 3.72. The molecule has 0 spiro atoms. The first-order valence-corrected chi connectivity index (χ1v) is 9.00. The van der Waals surface area contributed by atoms with Gasteiger partial charge in [0.25, 0.3) is 0 Å². The van der Waals surface area contributed by atoms with Crippen LogP contribution in [0.4, 0.5) is 19.0 Å². The molecule has 1 aromatic rings. The van der Waals surface area contributed by atoms with E-state index in [0.29, 0.717) is 38.5 Å². The Morgan fingerprint density at radius 1 is 1.16 bits per heavy atom. The normalized spacial score (nSPS) is 19.5. The zero-order valence-corrected chi connectivity index (χ0v) is 14.3. The number of pyridine rings is 1. The van der Waals surface area contributed by atoms with Gasteiger partial charge in [-0.1, -0.05) is 25.7 Å².